The summed E-state index contributed by atoms with van der Waals surface area (Å²) in [5, 5.41) is 9.21. The molecule has 30 heavy (non-hydrogen) atoms. The summed E-state index contributed by atoms with van der Waals surface area (Å²) in [6.45, 7) is 2.15. The van der Waals surface area contributed by atoms with Gasteiger partial charge in [-0.3, -0.25) is 4.79 Å². The van der Waals surface area contributed by atoms with Crippen molar-refractivity contribution in [2.24, 2.45) is 5.92 Å². The summed E-state index contributed by atoms with van der Waals surface area (Å²) in [5.74, 6) is -1.23. The number of nitrogens with zero attached hydrogens (tertiary/aromatic N) is 2. The second-order valence-electron chi connectivity index (χ2n) is 7.58. The van der Waals surface area contributed by atoms with E-state index in [0.29, 0.717) is 49.6 Å². The molecule has 2 aromatic rings. The smallest absolute Gasteiger partial charge is 0.416 e. The van der Waals surface area contributed by atoms with Gasteiger partial charge in [0.15, 0.2) is 0 Å². The second-order valence-corrected chi connectivity index (χ2v) is 9.07. The van der Waals surface area contributed by atoms with Crippen LogP contribution in [0.5, 0.6) is 0 Å². The molecule has 0 bridgehead atoms. The average Bonchev–Trinajstić information content (AvgIpc) is 3.17. The highest BCUT2D eigenvalue weighted by Crippen LogP contribution is 2.31. The van der Waals surface area contributed by atoms with E-state index in [1.807, 2.05) is 21.3 Å². The quantitative estimate of drug-likeness (QED) is 0.796. The van der Waals surface area contributed by atoms with Gasteiger partial charge in [-0.1, -0.05) is 6.07 Å². The molecular weight excluding hydrogens is 417 g/mol. The summed E-state index contributed by atoms with van der Waals surface area (Å²) in [4.78, 5) is 13.9. The average molecular weight is 438 g/mol. The first-order valence-electron chi connectivity index (χ1n) is 9.66. The Hall–Kier alpha value is -2.39. The van der Waals surface area contributed by atoms with Crippen LogP contribution in [0.4, 0.5) is 18.9 Å². The SMILES string of the molecule is O=C(O)C1Cc2ccc(S(=O)N3CCN(c4ccc(C(F)(F)F)cc4)CC3)cc2C1. The molecule has 4 rings (SSSR count). The Labute approximate surface area is 174 Å². The minimum atomic E-state index is -4.35. The minimum absolute atomic E-state index is 0.420. The molecule has 5 nitrogen and oxygen atoms in total. The Bertz CT molecular complexity index is 970. The number of piperazine rings is 1. The van der Waals surface area contributed by atoms with Crippen LogP contribution in [-0.2, 0) is 34.8 Å². The molecule has 9 heteroatoms. The fraction of sp³-hybridized carbons (Fsp3) is 0.381. The normalized spacial score (nSPS) is 20.8. The van der Waals surface area contributed by atoms with Crippen molar-refractivity contribution >= 4 is 22.6 Å². The molecule has 1 aliphatic carbocycles. The highest BCUT2D eigenvalue weighted by atomic mass is 32.2. The van der Waals surface area contributed by atoms with Crippen LogP contribution < -0.4 is 4.90 Å². The summed E-state index contributed by atoms with van der Waals surface area (Å²) < 4.78 is 53.0. The maximum atomic E-state index is 13.0. The van der Waals surface area contributed by atoms with E-state index in [2.05, 4.69) is 0 Å². The molecule has 0 radical (unpaired) electrons. The van der Waals surface area contributed by atoms with Gasteiger partial charge in [0, 0.05) is 31.9 Å². The second kappa shape index (κ2) is 8.03. The van der Waals surface area contributed by atoms with Crippen LogP contribution in [-0.4, -0.2) is 45.8 Å². The van der Waals surface area contributed by atoms with Crippen LogP contribution in [0.15, 0.2) is 47.4 Å². The van der Waals surface area contributed by atoms with E-state index in [1.165, 1.54) is 12.1 Å². The van der Waals surface area contributed by atoms with Crippen molar-refractivity contribution in [2.45, 2.75) is 23.9 Å². The lowest BCUT2D eigenvalue weighted by atomic mass is 10.1. The van der Waals surface area contributed by atoms with Crippen molar-refractivity contribution in [3.8, 4) is 0 Å². The zero-order valence-electron chi connectivity index (χ0n) is 16.1. The lowest BCUT2D eigenvalue weighted by Crippen LogP contribution is -2.47. The van der Waals surface area contributed by atoms with Crippen molar-refractivity contribution in [1.29, 1.82) is 0 Å². The molecule has 2 atom stereocenters. The van der Waals surface area contributed by atoms with Gasteiger partial charge in [-0.05, 0) is 60.4 Å². The molecule has 1 saturated heterocycles. The fourth-order valence-corrected chi connectivity index (χ4v) is 5.22. The van der Waals surface area contributed by atoms with E-state index in [4.69, 9.17) is 0 Å². The zero-order valence-corrected chi connectivity index (χ0v) is 16.9. The Balaban J connectivity index is 1.38. The van der Waals surface area contributed by atoms with Gasteiger partial charge in [0.1, 0.15) is 11.0 Å². The molecule has 1 heterocycles. The largest absolute Gasteiger partial charge is 0.481 e. The molecule has 0 saturated carbocycles. The van der Waals surface area contributed by atoms with Gasteiger partial charge in [-0.2, -0.15) is 13.2 Å². The Morgan fingerprint density at radius 1 is 0.967 bits per heavy atom. The maximum absolute atomic E-state index is 13.0. The van der Waals surface area contributed by atoms with E-state index in [9.17, 15) is 27.3 Å². The van der Waals surface area contributed by atoms with E-state index in [1.54, 1.807) is 6.07 Å². The topological polar surface area (TPSA) is 60.9 Å². The number of anilines is 1. The fourth-order valence-electron chi connectivity index (χ4n) is 4.00. The standard InChI is InChI=1S/C21H21F3N2O3S/c22-21(23,24)17-2-4-18(5-3-17)25-7-9-26(10-8-25)30(29)19-6-1-14-11-16(20(27)28)12-15(14)13-19/h1-6,13,16H,7-12H2,(H,27,28). The van der Waals surface area contributed by atoms with Crippen molar-refractivity contribution in [3.05, 3.63) is 59.2 Å². The van der Waals surface area contributed by atoms with Crippen LogP contribution >= 0.6 is 0 Å². The van der Waals surface area contributed by atoms with Gasteiger partial charge < -0.3 is 10.0 Å². The molecule has 2 unspecified atom stereocenters. The Morgan fingerprint density at radius 2 is 1.60 bits per heavy atom. The first kappa shape index (κ1) is 20.9. The number of carboxylic acids is 1. The minimum Gasteiger partial charge on any atom is -0.481 e. The summed E-state index contributed by atoms with van der Waals surface area (Å²) in [6.07, 6.45) is -3.39. The molecule has 1 aliphatic heterocycles. The van der Waals surface area contributed by atoms with Crippen LogP contribution in [0.25, 0.3) is 0 Å². The van der Waals surface area contributed by atoms with Crippen molar-refractivity contribution < 1.29 is 27.3 Å². The summed E-state index contributed by atoms with van der Waals surface area (Å²) >= 11 is 0. The van der Waals surface area contributed by atoms with E-state index < -0.39 is 34.6 Å². The number of alkyl halides is 3. The summed E-state index contributed by atoms with van der Waals surface area (Å²) in [6, 6.07) is 10.6. The third kappa shape index (κ3) is 4.22. The molecule has 0 aromatic heterocycles. The molecule has 1 fully saturated rings. The van der Waals surface area contributed by atoms with Gasteiger partial charge in [0.25, 0.3) is 0 Å². The van der Waals surface area contributed by atoms with Crippen LogP contribution in [0.1, 0.15) is 16.7 Å². The predicted octanol–water partition coefficient (Wildman–Crippen LogP) is 3.35. The number of hydrogen-bond donors (Lipinski definition) is 1. The number of halogens is 3. The third-order valence-corrected chi connectivity index (χ3v) is 7.19. The number of carbonyl (C=O) groups is 1. The van der Waals surface area contributed by atoms with Gasteiger partial charge in [-0.15, -0.1) is 0 Å². The van der Waals surface area contributed by atoms with Crippen LogP contribution in [0.3, 0.4) is 0 Å². The number of carboxylic acid groups (broad SMARTS) is 1. The maximum Gasteiger partial charge on any atom is 0.416 e. The highest BCUT2D eigenvalue weighted by Gasteiger charge is 2.31. The monoisotopic (exact) mass is 438 g/mol. The van der Waals surface area contributed by atoms with Gasteiger partial charge in [0.2, 0.25) is 0 Å². The number of aliphatic carboxylic acids is 1. The first-order valence-corrected chi connectivity index (χ1v) is 10.8. The summed E-state index contributed by atoms with van der Waals surface area (Å²) in [7, 11) is -1.36. The number of rotatable bonds is 4. The molecule has 0 spiro atoms. The van der Waals surface area contributed by atoms with Gasteiger partial charge >= 0.3 is 12.1 Å². The molecule has 0 amide bonds. The van der Waals surface area contributed by atoms with Crippen molar-refractivity contribution in [2.75, 3.05) is 31.1 Å². The zero-order chi connectivity index (χ0) is 21.5. The molecule has 2 aliphatic rings. The molecular formula is C21H21F3N2O3S. The van der Waals surface area contributed by atoms with E-state index in [0.717, 1.165) is 23.3 Å². The van der Waals surface area contributed by atoms with E-state index >= 15 is 0 Å². The van der Waals surface area contributed by atoms with Crippen LogP contribution in [0, 0.1) is 5.92 Å². The van der Waals surface area contributed by atoms with E-state index in [-0.39, 0.29) is 0 Å². The Kier molecular flexibility index (Phi) is 5.59. The van der Waals surface area contributed by atoms with Gasteiger partial charge in [0.05, 0.1) is 16.4 Å². The lowest BCUT2D eigenvalue weighted by Gasteiger charge is -2.35. The Morgan fingerprint density at radius 3 is 2.20 bits per heavy atom. The number of hydrogen-bond acceptors (Lipinski definition) is 3. The lowest BCUT2D eigenvalue weighted by molar-refractivity contribution is -0.141. The molecule has 2 aromatic carbocycles. The van der Waals surface area contributed by atoms with Crippen molar-refractivity contribution in [3.63, 3.8) is 0 Å². The van der Waals surface area contributed by atoms with Crippen molar-refractivity contribution in [1.82, 2.24) is 4.31 Å². The number of fused-ring (bicyclic) bond motifs is 1. The number of benzene rings is 2. The molecule has 160 valence electrons. The predicted molar refractivity (Wildman–Crippen MR) is 107 cm³/mol. The van der Waals surface area contributed by atoms with Gasteiger partial charge in [-0.25, -0.2) is 8.51 Å². The molecule has 1 N–H and O–H groups in total. The highest BCUT2D eigenvalue weighted by molar-refractivity contribution is 7.82. The van der Waals surface area contributed by atoms with Crippen LogP contribution in [0.2, 0.25) is 0 Å². The first-order chi connectivity index (χ1) is 14.2. The third-order valence-electron chi connectivity index (χ3n) is 5.69. The summed E-state index contributed by atoms with van der Waals surface area (Å²) in [5.41, 5.74) is 1.98.